The molecule has 0 aromatic heterocycles. The van der Waals surface area contributed by atoms with Gasteiger partial charge in [-0.2, -0.15) is 0 Å². The van der Waals surface area contributed by atoms with Crippen molar-refractivity contribution in [2.75, 3.05) is 0 Å². The summed E-state index contributed by atoms with van der Waals surface area (Å²) in [7, 11) is 0. The van der Waals surface area contributed by atoms with E-state index in [1.54, 1.807) is 0 Å². The molecular weight excluding hydrogens is 600 g/mol. The molecule has 0 spiro atoms. The fourth-order valence-corrected chi connectivity index (χ4v) is 5.82. The lowest BCUT2D eigenvalue weighted by molar-refractivity contribution is -0.138. The summed E-state index contributed by atoms with van der Waals surface area (Å²) in [5, 5.41) is 25.3. The van der Waals surface area contributed by atoms with Crippen molar-refractivity contribution in [2.24, 2.45) is 0 Å². The van der Waals surface area contributed by atoms with E-state index in [0.29, 0.717) is 19.3 Å². The van der Waals surface area contributed by atoms with Crippen LogP contribution in [0, 0.1) is 0 Å². The molecule has 48 heavy (non-hydrogen) atoms. The molecule has 0 aliphatic rings. The van der Waals surface area contributed by atoms with Gasteiger partial charge in [0.15, 0.2) is 0 Å². The number of carboxylic acids is 3. The maximum atomic E-state index is 10.3. The van der Waals surface area contributed by atoms with Crippen LogP contribution in [-0.4, -0.2) is 33.2 Å². The zero-order chi connectivity index (χ0) is 36.2. The minimum Gasteiger partial charge on any atom is -0.481 e. The minimum absolute atomic E-state index is 0.341. The normalized spacial score (nSPS) is 10.6. The molecule has 0 aliphatic carbocycles. The van der Waals surface area contributed by atoms with Crippen molar-refractivity contribution in [1.82, 2.24) is 0 Å². The monoisotopic (exact) mass is 685 g/mol. The Kier molecular flexibility index (Phi) is 50.3. The molecule has 0 fully saturated rings. The van der Waals surface area contributed by atoms with Gasteiger partial charge in [-0.25, -0.2) is 0 Å². The van der Waals surface area contributed by atoms with Crippen molar-refractivity contribution in [3.05, 3.63) is 0 Å². The van der Waals surface area contributed by atoms with Crippen LogP contribution in [0.4, 0.5) is 0 Å². The van der Waals surface area contributed by atoms with Crippen LogP contribution in [0.25, 0.3) is 0 Å². The fraction of sp³-hybridized carbons (Fsp3) is 0.929. The van der Waals surface area contributed by atoms with Gasteiger partial charge in [0, 0.05) is 19.3 Å². The highest BCUT2D eigenvalue weighted by molar-refractivity contribution is 5.67. The van der Waals surface area contributed by atoms with Crippen molar-refractivity contribution >= 4 is 17.9 Å². The maximum Gasteiger partial charge on any atom is 0.303 e. The van der Waals surface area contributed by atoms with Crippen LogP contribution >= 0.6 is 0 Å². The van der Waals surface area contributed by atoms with E-state index >= 15 is 0 Å². The Labute approximate surface area is 299 Å². The van der Waals surface area contributed by atoms with Gasteiger partial charge >= 0.3 is 17.9 Å². The van der Waals surface area contributed by atoms with Gasteiger partial charge in [0.1, 0.15) is 0 Å². The van der Waals surface area contributed by atoms with E-state index in [4.69, 9.17) is 15.3 Å². The van der Waals surface area contributed by atoms with Gasteiger partial charge in [-0.05, 0) is 19.3 Å². The molecule has 0 atom stereocenters. The van der Waals surface area contributed by atoms with Crippen LogP contribution < -0.4 is 0 Å². The standard InChI is InChI=1S/2C16H32O2.C10H20O2/c2*1-2-3-4-5-6-7-8-9-10-11-12-13-14-15-16(17)18;1-2-3-4-5-6-7-8-9-10(11)12/h2*2-15H2,1H3,(H,17,18);2-9H2,1H3,(H,11,12). The lowest BCUT2D eigenvalue weighted by Gasteiger charge is -2.02. The molecule has 6 heteroatoms. The van der Waals surface area contributed by atoms with Gasteiger partial charge in [0.05, 0.1) is 0 Å². The number of carbonyl (C=O) groups is 3. The van der Waals surface area contributed by atoms with Crippen LogP contribution in [0.2, 0.25) is 0 Å². The summed E-state index contributed by atoms with van der Waals surface area (Å²) in [6.07, 6.45) is 43.2. The van der Waals surface area contributed by atoms with Crippen LogP contribution in [-0.2, 0) is 14.4 Å². The summed E-state index contributed by atoms with van der Waals surface area (Å²) in [5.41, 5.74) is 0. The first-order valence-corrected chi connectivity index (χ1v) is 21.0. The summed E-state index contributed by atoms with van der Waals surface area (Å²) in [4.78, 5) is 30.7. The summed E-state index contributed by atoms with van der Waals surface area (Å²) in [6, 6.07) is 0. The second kappa shape index (κ2) is 47.5. The van der Waals surface area contributed by atoms with Crippen LogP contribution in [0.3, 0.4) is 0 Å². The molecule has 0 radical (unpaired) electrons. The van der Waals surface area contributed by atoms with E-state index in [1.165, 1.54) is 173 Å². The maximum absolute atomic E-state index is 10.3. The zero-order valence-corrected chi connectivity index (χ0v) is 32.5. The molecule has 0 saturated heterocycles. The van der Waals surface area contributed by atoms with Crippen LogP contribution in [0.15, 0.2) is 0 Å². The first-order valence-electron chi connectivity index (χ1n) is 21.0. The second-order valence-corrected chi connectivity index (χ2v) is 14.0. The highest BCUT2D eigenvalue weighted by Gasteiger charge is 1.99. The largest absolute Gasteiger partial charge is 0.481 e. The van der Waals surface area contributed by atoms with Crippen LogP contribution in [0.1, 0.15) is 252 Å². The third-order valence-electron chi connectivity index (χ3n) is 8.98. The predicted octanol–water partition coefficient (Wildman–Crippen LogP) is 14.3. The number of hydrogen-bond acceptors (Lipinski definition) is 3. The number of aliphatic carboxylic acids is 3. The number of hydrogen-bond donors (Lipinski definition) is 3. The second-order valence-electron chi connectivity index (χ2n) is 14.0. The first kappa shape index (κ1) is 50.8. The lowest BCUT2D eigenvalue weighted by atomic mass is 10.0. The van der Waals surface area contributed by atoms with Crippen molar-refractivity contribution in [3.8, 4) is 0 Å². The quantitative estimate of drug-likeness (QED) is 0.0566. The van der Waals surface area contributed by atoms with E-state index in [9.17, 15) is 14.4 Å². The van der Waals surface area contributed by atoms with E-state index in [2.05, 4.69) is 20.8 Å². The van der Waals surface area contributed by atoms with Gasteiger partial charge < -0.3 is 15.3 Å². The van der Waals surface area contributed by atoms with Crippen molar-refractivity contribution in [2.45, 2.75) is 252 Å². The third kappa shape index (κ3) is 59.8. The minimum atomic E-state index is -0.663. The van der Waals surface area contributed by atoms with Gasteiger partial charge in [-0.1, -0.05) is 213 Å². The Balaban J connectivity index is -0.000000647. The van der Waals surface area contributed by atoms with Gasteiger partial charge in [-0.3, -0.25) is 14.4 Å². The molecule has 6 nitrogen and oxygen atoms in total. The average Bonchev–Trinajstić information content (AvgIpc) is 3.05. The lowest BCUT2D eigenvalue weighted by Crippen LogP contribution is -1.93. The SMILES string of the molecule is CCCCCCCCCC(=O)O.CCCCCCCCCCCCCCCC(=O)O.CCCCCCCCCCCCCCCC(=O)O. The van der Waals surface area contributed by atoms with Crippen molar-refractivity contribution < 1.29 is 29.7 Å². The molecule has 288 valence electrons. The van der Waals surface area contributed by atoms with Crippen LogP contribution in [0.5, 0.6) is 0 Å². The first-order chi connectivity index (χ1) is 23.3. The number of rotatable bonds is 36. The zero-order valence-electron chi connectivity index (χ0n) is 32.5. The molecule has 3 N–H and O–H groups in total. The molecule has 0 amide bonds. The molecule has 0 rings (SSSR count). The molecule has 0 aliphatic heterocycles. The number of carboxylic acid groups (broad SMARTS) is 3. The summed E-state index contributed by atoms with van der Waals surface area (Å²) in [6.45, 7) is 6.72. The predicted molar refractivity (Wildman–Crippen MR) is 206 cm³/mol. The summed E-state index contributed by atoms with van der Waals surface area (Å²) in [5.74, 6) is -1.97. The Morgan fingerprint density at radius 2 is 0.375 bits per heavy atom. The topological polar surface area (TPSA) is 112 Å². The fourth-order valence-electron chi connectivity index (χ4n) is 5.82. The Bertz CT molecular complexity index is 596. The molecule has 0 aromatic rings. The Hall–Kier alpha value is -1.59. The molecule has 0 saturated carbocycles. The van der Waals surface area contributed by atoms with Gasteiger partial charge in [0.2, 0.25) is 0 Å². The Morgan fingerprint density at radius 3 is 0.500 bits per heavy atom. The van der Waals surface area contributed by atoms with E-state index in [1.807, 2.05) is 0 Å². The molecule has 0 heterocycles. The molecule has 0 unspecified atom stereocenters. The van der Waals surface area contributed by atoms with E-state index in [0.717, 1.165) is 38.5 Å². The molecular formula is C42H84O6. The average molecular weight is 685 g/mol. The Morgan fingerprint density at radius 1 is 0.250 bits per heavy atom. The van der Waals surface area contributed by atoms with E-state index in [-0.39, 0.29) is 0 Å². The number of unbranched alkanes of at least 4 members (excludes halogenated alkanes) is 30. The molecule has 0 bridgehead atoms. The van der Waals surface area contributed by atoms with Crippen molar-refractivity contribution in [1.29, 1.82) is 0 Å². The smallest absolute Gasteiger partial charge is 0.303 e. The van der Waals surface area contributed by atoms with Gasteiger partial charge in [0.25, 0.3) is 0 Å². The summed E-state index contributed by atoms with van der Waals surface area (Å²) < 4.78 is 0. The van der Waals surface area contributed by atoms with E-state index < -0.39 is 17.9 Å². The third-order valence-corrected chi connectivity index (χ3v) is 8.98. The highest BCUT2D eigenvalue weighted by atomic mass is 16.4. The highest BCUT2D eigenvalue weighted by Crippen LogP contribution is 2.14. The van der Waals surface area contributed by atoms with Crippen molar-refractivity contribution in [3.63, 3.8) is 0 Å². The van der Waals surface area contributed by atoms with Gasteiger partial charge in [-0.15, -0.1) is 0 Å². The molecule has 0 aromatic carbocycles. The summed E-state index contributed by atoms with van der Waals surface area (Å²) >= 11 is 0.